The third kappa shape index (κ3) is 1.35. The lowest BCUT2D eigenvalue weighted by Crippen LogP contribution is -2.20. The van der Waals surface area contributed by atoms with Crippen molar-refractivity contribution in [3.63, 3.8) is 0 Å². The molecule has 0 radical (unpaired) electrons. The summed E-state index contributed by atoms with van der Waals surface area (Å²) in [7, 11) is 0. The van der Waals surface area contributed by atoms with Crippen LogP contribution < -0.4 is 0 Å². The molecule has 1 aliphatic carbocycles. The average molecular weight is 183 g/mol. The molecular weight excluding hydrogens is 174 g/mol. The van der Waals surface area contributed by atoms with E-state index in [2.05, 4.69) is 4.74 Å². The summed E-state index contributed by atoms with van der Waals surface area (Å²) < 4.78 is 4.62. The third-order valence-electron chi connectivity index (χ3n) is 2.11. The summed E-state index contributed by atoms with van der Waals surface area (Å²) in [5.41, 5.74) is -1.52. The van der Waals surface area contributed by atoms with Crippen LogP contribution >= 0.6 is 0 Å². The molecular formula is C8H9NO4. The van der Waals surface area contributed by atoms with Gasteiger partial charge in [-0.2, -0.15) is 5.26 Å². The van der Waals surface area contributed by atoms with Gasteiger partial charge in [0.25, 0.3) is 0 Å². The second kappa shape index (κ2) is 3.05. The Morgan fingerprint density at radius 2 is 2.38 bits per heavy atom. The van der Waals surface area contributed by atoms with Crippen molar-refractivity contribution in [2.75, 3.05) is 6.61 Å². The lowest BCUT2D eigenvalue weighted by molar-refractivity contribution is -0.150. The number of hydrogen-bond acceptors (Lipinski definition) is 4. The van der Waals surface area contributed by atoms with E-state index in [0.717, 1.165) is 0 Å². The van der Waals surface area contributed by atoms with Crippen molar-refractivity contribution in [3.05, 3.63) is 0 Å². The average Bonchev–Trinajstić information content (AvgIpc) is 2.80. The number of esters is 1. The first kappa shape index (κ1) is 9.52. The summed E-state index contributed by atoms with van der Waals surface area (Å²) >= 11 is 0. The Morgan fingerprint density at radius 3 is 2.69 bits per heavy atom. The zero-order valence-electron chi connectivity index (χ0n) is 7.11. The van der Waals surface area contributed by atoms with Crippen molar-refractivity contribution in [3.8, 4) is 6.07 Å². The van der Waals surface area contributed by atoms with Gasteiger partial charge in [-0.25, -0.2) is 0 Å². The highest BCUT2D eigenvalue weighted by molar-refractivity contribution is 5.92. The topological polar surface area (TPSA) is 87.4 Å². The molecule has 1 fully saturated rings. The van der Waals surface area contributed by atoms with Gasteiger partial charge in [0.15, 0.2) is 5.41 Å². The second-order valence-corrected chi connectivity index (χ2v) is 2.90. The number of carbonyl (C=O) groups is 2. The fourth-order valence-electron chi connectivity index (χ4n) is 1.20. The van der Waals surface area contributed by atoms with Crippen molar-refractivity contribution in [2.45, 2.75) is 13.3 Å². The van der Waals surface area contributed by atoms with Crippen molar-refractivity contribution in [1.29, 1.82) is 5.26 Å². The van der Waals surface area contributed by atoms with Crippen molar-refractivity contribution in [2.24, 2.45) is 11.3 Å². The highest BCUT2D eigenvalue weighted by Gasteiger charge is 2.66. The van der Waals surface area contributed by atoms with Gasteiger partial charge in [-0.15, -0.1) is 0 Å². The number of carboxylic acid groups (broad SMARTS) is 1. The van der Waals surface area contributed by atoms with Gasteiger partial charge in [0.1, 0.15) is 0 Å². The molecule has 1 saturated carbocycles. The Labute approximate surface area is 74.9 Å². The highest BCUT2D eigenvalue weighted by atomic mass is 16.5. The molecule has 1 aliphatic rings. The number of nitriles is 1. The van der Waals surface area contributed by atoms with Gasteiger partial charge in [0, 0.05) is 0 Å². The maximum Gasteiger partial charge on any atom is 0.324 e. The van der Waals surface area contributed by atoms with Crippen molar-refractivity contribution >= 4 is 11.9 Å². The smallest absolute Gasteiger partial charge is 0.324 e. The molecule has 70 valence electrons. The lowest BCUT2D eigenvalue weighted by atomic mass is 10.1. The Balaban J connectivity index is 2.67. The summed E-state index contributed by atoms with van der Waals surface area (Å²) in [4.78, 5) is 21.7. The van der Waals surface area contributed by atoms with E-state index in [0.29, 0.717) is 0 Å². The van der Waals surface area contributed by atoms with Crippen LogP contribution in [0.25, 0.3) is 0 Å². The predicted octanol–water partition coefficient (Wildman–Crippen LogP) is 0.164. The number of rotatable bonds is 3. The van der Waals surface area contributed by atoms with Crippen molar-refractivity contribution < 1.29 is 19.4 Å². The van der Waals surface area contributed by atoms with E-state index >= 15 is 0 Å². The van der Waals surface area contributed by atoms with E-state index < -0.39 is 23.3 Å². The molecule has 0 aromatic rings. The summed E-state index contributed by atoms with van der Waals surface area (Å²) in [6.07, 6.45) is 0.0671. The van der Waals surface area contributed by atoms with Gasteiger partial charge in [-0.05, 0) is 13.3 Å². The van der Waals surface area contributed by atoms with Gasteiger partial charge in [-0.1, -0.05) is 0 Å². The molecule has 0 heterocycles. The molecule has 1 rings (SSSR count). The molecule has 0 spiro atoms. The van der Waals surface area contributed by atoms with Crippen LogP contribution in [0.5, 0.6) is 0 Å². The van der Waals surface area contributed by atoms with Crippen LogP contribution in [0, 0.1) is 22.7 Å². The van der Waals surface area contributed by atoms with E-state index in [1.54, 1.807) is 13.0 Å². The van der Waals surface area contributed by atoms with E-state index in [1.807, 2.05) is 0 Å². The van der Waals surface area contributed by atoms with Crippen LogP contribution in [0.15, 0.2) is 0 Å². The van der Waals surface area contributed by atoms with Crippen LogP contribution in [-0.2, 0) is 14.3 Å². The molecule has 2 unspecified atom stereocenters. The summed E-state index contributed by atoms with van der Waals surface area (Å²) in [6, 6.07) is 1.64. The molecule has 13 heavy (non-hydrogen) atoms. The number of nitrogens with zero attached hydrogens (tertiary/aromatic N) is 1. The lowest BCUT2D eigenvalue weighted by Gasteiger charge is -2.01. The predicted molar refractivity (Wildman–Crippen MR) is 40.4 cm³/mol. The van der Waals surface area contributed by atoms with Gasteiger partial charge < -0.3 is 9.84 Å². The summed E-state index contributed by atoms with van der Waals surface area (Å²) in [6.45, 7) is 1.84. The molecule has 1 N–H and O–H groups in total. The minimum absolute atomic E-state index is 0.0671. The second-order valence-electron chi connectivity index (χ2n) is 2.90. The Morgan fingerprint density at radius 1 is 1.77 bits per heavy atom. The van der Waals surface area contributed by atoms with Gasteiger partial charge >= 0.3 is 11.9 Å². The molecule has 0 bridgehead atoms. The van der Waals surface area contributed by atoms with Gasteiger partial charge in [0.2, 0.25) is 0 Å². The zero-order chi connectivity index (χ0) is 10.1. The normalized spacial score (nSPS) is 30.3. The fourth-order valence-corrected chi connectivity index (χ4v) is 1.20. The van der Waals surface area contributed by atoms with Crippen LogP contribution in [0.3, 0.4) is 0 Å². The van der Waals surface area contributed by atoms with E-state index in [4.69, 9.17) is 10.4 Å². The van der Waals surface area contributed by atoms with Gasteiger partial charge in [-0.3, -0.25) is 9.59 Å². The monoisotopic (exact) mass is 183 g/mol. The Bertz CT molecular complexity index is 293. The number of carboxylic acids is 1. The number of ether oxygens (including phenoxy) is 1. The highest BCUT2D eigenvalue weighted by Crippen LogP contribution is 2.52. The molecule has 5 nitrogen and oxygen atoms in total. The minimum Gasteiger partial charge on any atom is -0.480 e. The maximum atomic E-state index is 11.0. The first-order valence-corrected chi connectivity index (χ1v) is 3.89. The fraction of sp³-hybridized carbons (Fsp3) is 0.625. The van der Waals surface area contributed by atoms with Crippen LogP contribution in [0.2, 0.25) is 0 Å². The summed E-state index contributed by atoms with van der Waals surface area (Å²) in [5, 5.41) is 17.2. The van der Waals surface area contributed by atoms with Gasteiger partial charge in [0.05, 0.1) is 18.6 Å². The molecule has 0 aliphatic heterocycles. The van der Waals surface area contributed by atoms with Crippen LogP contribution in [0.1, 0.15) is 13.3 Å². The molecule has 0 amide bonds. The van der Waals surface area contributed by atoms with Crippen LogP contribution in [-0.4, -0.2) is 23.7 Å². The van der Waals surface area contributed by atoms with E-state index in [9.17, 15) is 9.59 Å². The maximum absolute atomic E-state index is 11.0. The molecule has 0 aromatic carbocycles. The first-order valence-electron chi connectivity index (χ1n) is 3.89. The number of aliphatic carboxylic acids is 1. The quantitative estimate of drug-likeness (QED) is 0.630. The molecule has 0 saturated heterocycles. The standard InChI is InChI=1S/C8H9NO4/c1-2-13-6(10)5-3-8(5,4-9)7(11)12/h5H,2-3H2,1H3,(H,11,12). The third-order valence-corrected chi connectivity index (χ3v) is 2.11. The van der Waals surface area contributed by atoms with E-state index in [1.165, 1.54) is 0 Å². The van der Waals surface area contributed by atoms with E-state index in [-0.39, 0.29) is 13.0 Å². The summed E-state index contributed by atoms with van der Waals surface area (Å²) in [5.74, 6) is -2.62. The minimum atomic E-state index is -1.52. The number of hydrogen-bond donors (Lipinski definition) is 1. The molecule has 0 aromatic heterocycles. The molecule has 2 atom stereocenters. The zero-order valence-corrected chi connectivity index (χ0v) is 7.11. The Hall–Kier alpha value is -1.57. The molecule has 5 heteroatoms. The largest absolute Gasteiger partial charge is 0.480 e. The first-order chi connectivity index (χ1) is 6.08. The van der Waals surface area contributed by atoms with Crippen molar-refractivity contribution in [1.82, 2.24) is 0 Å². The number of carbonyl (C=O) groups excluding carboxylic acids is 1. The van der Waals surface area contributed by atoms with Crippen LogP contribution in [0.4, 0.5) is 0 Å². The SMILES string of the molecule is CCOC(=O)C1CC1(C#N)C(=O)O. The Kier molecular flexibility index (Phi) is 2.24.